The molecule has 1 atom stereocenters. The number of nitrogens with one attached hydrogen (secondary N) is 1. The third-order valence-corrected chi connectivity index (χ3v) is 4.92. The summed E-state index contributed by atoms with van der Waals surface area (Å²) in [5.41, 5.74) is 0.357. The van der Waals surface area contributed by atoms with Crippen LogP contribution in [-0.2, 0) is 9.53 Å². The van der Waals surface area contributed by atoms with Gasteiger partial charge < -0.3 is 14.6 Å². The van der Waals surface area contributed by atoms with E-state index in [0.29, 0.717) is 18.4 Å². The molecule has 1 amide bonds. The van der Waals surface area contributed by atoms with E-state index < -0.39 is 23.5 Å². The molecule has 1 heterocycles. The third-order valence-electron chi connectivity index (χ3n) is 4.92. The summed E-state index contributed by atoms with van der Waals surface area (Å²) in [4.78, 5) is 24.9. The normalized spacial score (nSPS) is 16.7. The molecule has 0 spiro atoms. The summed E-state index contributed by atoms with van der Waals surface area (Å²) in [6.45, 7) is 1.52. The van der Waals surface area contributed by atoms with Crippen LogP contribution in [0.4, 0.5) is 0 Å². The van der Waals surface area contributed by atoms with Gasteiger partial charge in [0.2, 0.25) is 0 Å². The summed E-state index contributed by atoms with van der Waals surface area (Å²) in [5, 5.41) is 12.3. The molecule has 6 heteroatoms. The summed E-state index contributed by atoms with van der Waals surface area (Å²) in [6, 6.07) is 13.0. The lowest BCUT2D eigenvalue weighted by Gasteiger charge is -2.32. The number of carbonyl (C=O) groups is 2. The minimum Gasteiger partial charge on any atom is -0.449 e. The summed E-state index contributed by atoms with van der Waals surface area (Å²) >= 11 is 0. The molecule has 1 saturated carbocycles. The van der Waals surface area contributed by atoms with E-state index in [1.165, 1.54) is 6.92 Å². The second-order valence-corrected chi connectivity index (χ2v) is 6.93. The van der Waals surface area contributed by atoms with Gasteiger partial charge in [0.15, 0.2) is 6.10 Å². The molecule has 2 aromatic rings. The van der Waals surface area contributed by atoms with E-state index in [4.69, 9.17) is 4.74 Å². The second kappa shape index (κ2) is 8.09. The Morgan fingerprint density at radius 3 is 2.56 bits per heavy atom. The van der Waals surface area contributed by atoms with Gasteiger partial charge >= 0.3 is 5.97 Å². The highest BCUT2D eigenvalue weighted by Crippen LogP contribution is 2.27. The molecule has 6 nitrogen and oxygen atoms in total. The Kier molecular flexibility index (Phi) is 5.60. The summed E-state index contributed by atoms with van der Waals surface area (Å²) in [6.07, 6.45) is 6.95. The van der Waals surface area contributed by atoms with Crippen LogP contribution >= 0.6 is 0 Å². The van der Waals surface area contributed by atoms with E-state index in [1.807, 2.05) is 35.2 Å². The summed E-state index contributed by atoms with van der Waals surface area (Å²) in [5.74, 6) is -1.00. The van der Waals surface area contributed by atoms with Gasteiger partial charge in [0.1, 0.15) is 5.54 Å². The predicted molar refractivity (Wildman–Crippen MR) is 100 cm³/mol. The third kappa shape index (κ3) is 4.37. The number of carbonyl (C=O) groups excluding carboxylic acids is 2. The Morgan fingerprint density at radius 2 is 1.89 bits per heavy atom. The fourth-order valence-corrected chi connectivity index (χ4v) is 3.34. The van der Waals surface area contributed by atoms with Crippen molar-refractivity contribution in [3.05, 3.63) is 54.4 Å². The molecule has 0 saturated heterocycles. The molecule has 1 unspecified atom stereocenters. The van der Waals surface area contributed by atoms with E-state index in [-0.39, 0.29) is 0 Å². The maximum absolute atomic E-state index is 12.5. The molecule has 0 radical (unpaired) electrons. The molecular formula is C21H23N3O3. The van der Waals surface area contributed by atoms with Crippen LogP contribution in [0.1, 0.15) is 49.4 Å². The van der Waals surface area contributed by atoms with Crippen molar-refractivity contribution in [2.45, 2.75) is 50.7 Å². The van der Waals surface area contributed by atoms with E-state index in [0.717, 1.165) is 24.9 Å². The first kappa shape index (κ1) is 18.7. The SMILES string of the molecule is CC(OC(=O)c1cccc(-n2cccc2)c1)C(=O)NC1(C#N)CCCCC1. The van der Waals surface area contributed by atoms with E-state index in [1.54, 1.807) is 18.2 Å². The van der Waals surface area contributed by atoms with E-state index >= 15 is 0 Å². The number of nitrogens with zero attached hydrogens (tertiary/aromatic N) is 2. The van der Waals surface area contributed by atoms with Crippen molar-refractivity contribution in [1.82, 2.24) is 9.88 Å². The van der Waals surface area contributed by atoms with Gasteiger partial charge in [0.05, 0.1) is 11.6 Å². The topological polar surface area (TPSA) is 84.1 Å². The van der Waals surface area contributed by atoms with Crippen molar-refractivity contribution in [3.8, 4) is 11.8 Å². The Morgan fingerprint density at radius 1 is 1.19 bits per heavy atom. The first-order valence-electron chi connectivity index (χ1n) is 9.21. The van der Waals surface area contributed by atoms with Crippen molar-refractivity contribution in [2.24, 2.45) is 0 Å². The molecule has 1 aromatic heterocycles. The summed E-state index contributed by atoms with van der Waals surface area (Å²) < 4.78 is 7.21. The van der Waals surface area contributed by atoms with Crippen LogP contribution in [0.3, 0.4) is 0 Å². The number of benzene rings is 1. The number of aromatic nitrogens is 1. The number of esters is 1. The molecule has 140 valence electrons. The second-order valence-electron chi connectivity index (χ2n) is 6.93. The average molecular weight is 365 g/mol. The fraction of sp³-hybridized carbons (Fsp3) is 0.381. The largest absolute Gasteiger partial charge is 0.449 e. The molecule has 0 aliphatic heterocycles. The quantitative estimate of drug-likeness (QED) is 0.824. The van der Waals surface area contributed by atoms with E-state index in [9.17, 15) is 14.9 Å². The molecule has 1 aliphatic carbocycles. The zero-order valence-electron chi connectivity index (χ0n) is 15.4. The molecule has 1 aromatic carbocycles. The Bertz CT molecular complexity index is 846. The van der Waals surface area contributed by atoms with Gasteiger partial charge in [-0.05, 0) is 50.1 Å². The number of nitriles is 1. The van der Waals surface area contributed by atoms with Crippen molar-refractivity contribution >= 4 is 11.9 Å². The van der Waals surface area contributed by atoms with Crippen LogP contribution in [0.5, 0.6) is 0 Å². The smallest absolute Gasteiger partial charge is 0.338 e. The Balaban J connectivity index is 1.64. The average Bonchev–Trinajstić information content (AvgIpc) is 3.23. The maximum Gasteiger partial charge on any atom is 0.338 e. The van der Waals surface area contributed by atoms with Crippen molar-refractivity contribution in [1.29, 1.82) is 5.26 Å². The Labute approximate surface area is 158 Å². The Hall–Kier alpha value is -3.07. The highest BCUT2D eigenvalue weighted by Gasteiger charge is 2.35. The van der Waals surface area contributed by atoms with Crippen LogP contribution in [0, 0.1) is 11.3 Å². The molecule has 27 heavy (non-hydrogen) atoms. The number of ether oxygens (including phenoxy) is 1. The zero-order chi connectivity index (χ0) is 19.3. The lowest BCUT2D eigenvalue weighted by Crippen LogP contribution is -2.52. The number of hydrogen-bond donors (Lipinski definition) is 1. The van der Waals surface area contributed by atoms with Crippen LogP contribution in [-0.4, -0.2) is 28.1 Å². The minimum absolute atomic E-state index is 0.369. The van der Waals surface area contributed by atoms with Gasteiger partial charge in [-0.2, -0.15) is 5.26 Å². The van der Waals surface area contributed by atoms with E-state index in [2.05, 4.69) is 11.4 Å². The molecular weight excluding hydrogens is 342 g/mol. The van der Waals surface area contributed by atoms with Gasteiger partial charge in [-0.25, -0.2) is 4.79 Å². The van der Waals surface area contributed by atoms with Gasteiger partial charge in [-0.1, -0.05) is 25.3 Å². The number of rotatable bonds is 5. The monoisotopic (exact) mass is 365 g/mol. The van der Waals surface area contributed by atoms with Gasteiger partial charge in [0.25, 0.3) is 5.91 Å². The molecule has 0 bridgehead atoms. The first-order chi connectivity index (χ1) is 13.0. The van der Waals surface area contributed by atoms with Gasteiger partial charge in [-0.15, -0.1) is 0 Å². The van der Waals surface area contributed by atoms with Crippen molar-refractivity contribution in [3.63, 3.8) is 0 Å². The minimum atomic E-state index is -0.972. The number of amides is 1. The predicted octanol–water partition coefficient (Wildman–Crippen LogP) is 3.37. The van der Waals surface area contributed by atoms with Crippen LogP contribution in [0.2, 0.25) is 0 Å². The maximum atomic E-state index is 12.5. The first-order valence-corrected chi connectivity index (χ1v) is 9.21. The van der Waals surface area contributed by atoms with Crippen LogP contribution in [0.15, 0.2) is 48.8 Å². The van der Waals surface area contributed by atoms with Crippen molar-refractivity contribution < 1.29 is 14.3 Å². The molecule has 3 rings (SSSR count). The highest BCUT2D eigenvalue weighted by atomic mass is 16.5. The standard InChI is InChI=1S/C21H23N3O3/c1-16(19(25)23-21(15-22)10-3-2-4-11-21)27-20(26)17-8-7-9-18(14-17)24-12-5-6-13-24/h5-9,12-14,16H,2-4,10-11H2,1H3,(H,23,25). The summed E-state index contributed by atoms with van der Waals surface area (Å²) in [7, 11) is 0. The lowest BCUT2D eigenvalue weighted by atomic mass is 9.83. The van der Waals surface area contributed by atoms with Crippen LogP contribution < -0.4 is 5.32 Å². The van der Waals surface area contributed by atoms with Crippen LogP contribution in [0.25, 0.3) is 5.69 Å². The number of hydrogen-bond acceptors (Lipinski definition) is 4. The molecule has 1 N–H and O–H groups in total. The highest BCUT2D eigenvalue weighted by molar-refractivity contribution is 5.92. The molecule has 1 aliphatic rings. The van der Waals surface area contributed by atoms with Gasteiger partial charge in [-0.3, -0.25) is 4.79 Å². The van der Waals surface area contributed by atoms with Gasteiger partial charge in [0, 0.05) is 18.1 Å². The molecule has 1 fully saturated rings. The fourth-order valence-electron chi connectivity index (χ4n) is 3.34. The van der Waals surface area contributed by atoms with Crippen molar-refractivity contribution in [2.75, 3.05) is 0 Å². The zero-order valence-corrected chi connectivity index (χ0v) is 15.4. The lowest BCUT2D eigenvalue weighted by molar-refractivity contribution is -0.130.